The second kappa shape index (κ2) is 5.07. The molecule has 2 saturated heterocycles. The van der Waals surface area contributed by atoms with Crippen molar-refractivity contribution in [2.75, 3.05) is 13.2 Å². The monoisotopic (exact) mass is 237 g/mol. The first-order valence-electron chi connectivity index (χ1n) is 7.22. The van der Waals surface area contributed by atoms with Crippen LogP contribution in [0.1, 0.15) is 51.4 Å². The minimum atomic E-state index is 0.477. The van der Waals surface area contributed by atoms with Crippen molar-refractivity contribution in [1.29, 1.82) is 0 Å². The van der Waals surface area contributed by atoms with Crippen LogP contribution in [0.3, 0.4) is 0 Å². The van der Waals surface area contributed by atoms with E-state index in [1.54, 1.807) is 0 Å². The van der Waals surface area contributed by atoms with Crippen LogP contribution in [0.4, 0.5) is 0 Å². The number of piperidine rings is 1. The highest BCUT2D eigenvalue weighted by atomic mass is 16.5. The first-order valence-corrected chi connectivity index (χ1v) is 7.22. The van der Waals surface area contributed by atoms with Crippen LogP contribution in [0, 0.1) is 0 Å². The van der Waals surface area contributed by atoms with Crippen LogP contribution in [0.5, 0.6) is 0 Å². The maximum absolute atomic E-state index is 11.5. The van der Waals surface area contributed by atoms with Crippen LogP contribution in [-0.4, -0.2) is 42.0 Å². The van der Waals surface area contributed by atoms with Gasteiger partial charge >= 0.3 is 0 Å². The quantitative estimate of drug-likeness (QED) is 0.750. The molecule has 0 aromatic carbocycles. The first-order chi connectivity index (χ1) is 8.33. The molecule has 1 saturated carbocycles. The van der Waals surface area contributed by atoms with Gasteiger partial charge in [0, 0.05) is 31.5 Å². The Kier molecular flexibility index (Phi) is 3.48. The number of ether oxygens (including phenoxy) is 1. The standard InChI is InChI=1S/C14H23NO2/c16-13-9-11-5-6-12(10-13)15(11)7-8-17-14-3-1-2-4-14/h11-12,14H,1-10H2. The summed E-state index contributed by atoms with van der Waals surface area (Å²) in [6.07, 6.45) is 9.75. The summed E-state index contributed by atoms with van der Waals surface area (Å²) in [6, 6.07) is 1.07. The molecule has 2 bridgehead atoms. The van der Waals surface area contributed by atoms with E-state index in [-0.39, 0.29) is 0 Å². The van der Waals surface area contributed by atoms with Crippen LogP contribution in [0.25, 0.3) is 0 Å². The van der Waals surface area contributed by atoms with E-state index < -0.39 is 0 Å². The van der Waals surface area contributed by atoms with E-state index in [9.17, 15) is 4.79 Å². The molecule has 3 nitrogen and oxygen atoms in total. The maximum Gasteiger partial charge on any atom is 0.136 e. The minimum Gasteiger partial charge on any atom is -0.377 e. The molecule has 0 aromatic rings. The third kappa shape index (κ3) is 2.55. The van der Waals surface area contributed by atoms with Crippen molar-refractivity contribution < 1.29 is 9.53 Å². The summed E-state index contributed by atoms with van der Waals surface area (Å²) in [4.78, 5) is 14.0. The Morgan fingerprint density at radius 1 is 1.06 bits per heavy atom. The zero-order valence-electron chi connectivity index (χ0n) is 10.6. The van der Waals surface area contributed by atoms with Gasteiger partial charge in [-0.1, -0.05) is 12.8 Å². The van der Waals surface area contributed by atoms with Gasteiger partial charge in [0.05, 0.1) is 12.7 Å². The van der Waals surface area contributed by atoms with E-state index in [0.717, 1.165) is 26.0 Å². The normalized spacial score (nSPS) is 34.7. The van der Waals surface area contributed by atoms with Crippen molar-refractivity contribution in [1.82, 2.24) is 4.90 Å². The number of rotatable bonds is 4. The van der Waals surface area contributed by atoms with Crippen molar-refractivity contribution in [3.63, 3.8) is 0 Å². The second-order valence-electron chi connectivity index (χ2n) is 5.85. The predicted octanol–water partition coefficient (Wildman–Crippen LogP) is 2.14. The summed E-state index contributed by atoms with van der Waals surface area (Å²) < 4.78 is 5.93. The van der Waals surface area contributed by atoms with Crippen LogP contribution in [0.15, 0.2) is 0 Å². The summed E-state index contributed by atoms with van der Waals surface area (Å²) in [5.41, 5.74) is 0. The van der Waals surface area contributed by atoms with Crippen molar-refractivity contribution in [3.8, 4) is 0 Å². The lowest BCUT2D eigenvalue weighted by molar-refractivity contribution is -0.124. The van der Waals surface area contributed by atoms with E-state index in [4.69, 9.17) is 4.74 Å². The van der Waals surface area contributed by atoms with E-state index >= 15 is 0 Å². The number of ketones is 1. The van der Waals surface area contributed by atoms with Crippen LogP contribution >= 0.6 is 0 Å². The van der Waals surface area contributed by atoms with Gasteiger partial charge in [-0.2, -0.15) is 0 Å². The molecule has 0 spiro atoms. The summed E-state index contributed by atoms with van der Waals surface area (Å²) in [5, 5.41) is 0. The Morgan fingerprint density at radius 2 is 1.71 bits per heavy atom. The summed E-state index contributed by atoms with van der Waals surface area (Å²) in [5.74, 6) is 0.477. The highest BCUT2D eigenvalue weighted by molar-refractivity contribution is 5.80. The van der Waals surface area contributed by atoms with E-state index in [0.29, 0.717) is 24.0 Å². The number of nitrogens with zero attached hydrogens (tertiary/aromatic N) is 1. The highest BCUT2D eigenvalue weighted by Crippen LogP contribution is 2.33. The average Bonchev–Trinajstić information content (AvgIpc) is 2.88. The average molecular weight is 237 g/mol. The first kappa shape index (κ1) is 11.7. The van der Waals surface area contributed by atoms with Crippen molar-refractivity contribution in [2.45, 2.75) is 69.6 Å². The van der Waals surface area contributed by atoms with E-state index in [2.05, 4.69) is 4.90 Å². The smallest absolute Gasteiger partial charge is 0.136 e. The molecule has 3 fully saturated rings. The van der Waals surface area contributed by atoms with Gasteiger partial charge in [0.15, 0.2) is 0 Å². The highest BCUT2D eigenvalue weighted by Gasteiger charge is 2.39. The molecule has 96 valence electrons. The number of hydrogen-bond donors (Lipinski definition) is 0. The zero-order chi connectivity index (χ0) is 11.7. The topological polar surface area (TPSA) is 29.5 Å². The Hall–Kier alpha value is -0.410. The van der Waals surface area contributed by atoms with Gasteiger partial charge in [-0.05, 0) is 25.7 Å². The molecule has 0 N–H and O–H groups in total. The lowest BCUT2D eigenvalue weighted by Gasteiger charge is -2.34. The van der Waals surface area contributed by atoms with Crippen LogP contribution in [-0.2, 0) is 9.53 Å². The summed E-state index contributed by atoms with van der Waals surface area (Å²) in [6.45, 7) is 1.91. The third-order valence-electron chi connectivity index (χ3n) is 4.70. The van der Waals surface area contributed by atoms with Crippen molar-refractivity contribution in [3.05, 3.63) is 0 Å². The Morgan fingerprint density at radius 3 is 2.35 bits per heavy atom. The van der Waals surface area contributed by atoms with E-state index in [1.165, 1.54) is 38.5 Å². The van der Waals surface area contributed by atoms with Gasteiger partial charge < -0.3 is 4.74 Å². The molecule has 3 aliphatic rings. The molecule has 2 unspecified atom stereocenters. The molecule has 3 rings (SSSR count). The molecule has 0 amide bonds. The summed E-state index contributed by atoms with van der Waals surface area (Å²) >= 11 is 0. The number of hydrogen-bond acceptors (Lipinski definition) is 3. The Bertz CT molecular complexity index is 270. The van der Waals surface area contributed by atoms with Crippen molar-refractivity contribution >= 4 is 5.78 Å². The van der Waals surface area contributed by atoms with Gasteiger partial charge in [-0.3, -0.25) is 9.69 Å². The second-order valence-corrected chi connectivity index (χ2v) is 5.85. The molecule has 2 aliphatic heterocycles. The molecule has 1 aliphatic carbocycles. The number of carbonyl (C=O) groups excluding carboxylic acids is 1. The largest absolute Gasteiger partial charge is 0.377 e. The van der Waals surface area contributed by atoms with Crippen LogP contribution < -0.4 is 0 Å². The molecule has 2 atom stereocenters. The van der Waals surface area contributed by atoms with Crippen LogP contribution in [0.2, 0.25) is 0 Å². The third-order valence-corrected chi connectivity index (χ3v) is 4.70. The van der Waals surface area contributed by atoms with Gasteiger partial charge in [-0.15, -0.1) is 0 Å². The Labute approximate surface area is 104 Å². The molecule has 3 heteroatoms. The molecular weight excluding hydrogens is 214 g/mol. The molecule has 2 heterocycles. The lowest BCUT2D eigenvalue weighted by atomic mass is 10.0. The lowest BCUT2D eigenvalue weighted by Crippen LogP contribution is -2.44. The Balaban J connectivity index is 1.44. The molecule has 0 aromatic heterocycles. The molecular formula is C14H23NO2. The fraction of sp³-hybridized carbons (Fsp3) is 0.929. The fourth-order valence-corrected chi connectivity index (χ4v) is 3.81. The van der Waals surface area contributed by atoms with Crippen molar-refractivity contribution in [2.24, 2.45) is 0 Å². The zero-order valence-corrected chi connectivity index (χ0v) is 10.6. The van der Waals surface area contributed by atoms with Gasteiger partial charge in [-0.25, -0.2) is 0 Å². The molecule has 17 heavy (non-hydrogen) atoms. The fourth-order valence-electron chi connectivity index (χ4n) is 3.81. The number of Topliss-reactive ketones (excluding diaryl/α,β-unsaturated/α-hetero) is 1. The van der Waals surface area contributed by atoms with Gasteiger partial charge in [0.2, 0.25) is 0 Å². The summed E-state index contributed by atoms with van der Waals surface area (Å²) in [7, 11) is 0. The SMILES string of the molecule is O=C1CC2CCC(C1)N2CCOC1CCCC1. The minimum absolute atomic E-state index is 0.477. The maximum atomic E-state index is 11.5. The number of carbonyl (C=O) groups is 1. The predicted molar refractivity (Wildman–Crippen MR) is 66.0 cm³/mol. The van der Waals surface area contributed by atoms with Gasteiger partial charge in [0.25, 0.3) is 0 Å². The molecule has 0 radical (unpaired) electrons. The van der Waals surface area contributed by atoms with Gasteiger partial charge in [0.1, 0.15) is 5.78 Å². The number of fused-ring (bicyclic) bond motifs is 2. The van der Waals surface area contributed by atoms with E-state index in [1.807, 2.05) is 0 Å².